The summed E-state index contributed by atoms with van der Waals surface area (Å²) in [5.41, 5.74) is 0. The van der Waals surface area contributed by atoms with Crippen molar-refractivity contribution in [3.8, 4) is 0 Å². The van der Waals surface area contributed by atoms with Crippen LogP contribution in [0.4, 0.5) is 4.79 Å². The Morgan fingerprint density at radius 3 is 2.62 bits per heavy atom. The lowest BCUT2D eigenvalue weighted by Gasteiger charge is -2.15. The Bertz CT molecular complexity index is 255. The normalized spacial score (nSPS) is 13.6. The topological polar surface area (TPSA) is 87.7 Å². The Kier molecular flexibility index (Phi) is 6.95. The fourth-order valence-corrected chi connectivity index (χ4v) is 1.04. The molecule has 2 atom stereocenters. The molecule has 0 fully saturated rings. The quantitative estimate of drug-likeness (QED) is 0.551. The number of amides is 2. The third kappa shape index (κ3) is 6.02. The summed E-state index contributed by atoms with van der Waals surface area (Å²) in [6.45, 7) is 5.30. The number of methoxy groups -OCH3 is 1. The summed E-state index contributed by atoms with van der Waals surface area (Å²) in [6.07, 6.45) is 1.32. The van der Waals surface area contributed by atoms with Gasteiger partial charge in [0.1, 0.15) is 0 Å². The van der Waals surface area contributed by atoms with Crippen LogP contribution in [0, 0.1) is 0 Å². The minimum absolute atomic E-state index is 0.0386. The number of nitrogens with one attached hydrogen (secondary N) is 2. The van der Waals surface area contributed by atoms with Crippen molar-refractivity contribution >= 4 is 12.0 Å². The van der Waals surface area contributed by atoms with Crippen LogP contribution in [0.15, 0.2) is 12.7 Å². The highest BCUT2D eigenvalue weighted by Crippen LogP contribution is 1.91. The first-order valence-electron chi connectivity index (χ1n) is 4.92. The van der Waals surface area contributed by atoms with Crippen LogP contribution in [0.1, 0.15) is 13.3 Å². The molecular formula is C10H18N2O4. The van der Waals surface area contributed by atoms with E-state index in [1.807, 2.05) is 6.92 Å². The van der Waals surface area contributed by atoms with Gasteiger partial charge in [0.15, 0.2) is 6.10 Å². The average Bonchev–Trinajstić information content (AvgIpc) is 2.18. The monoisotopic (exact) mass is 230 g/mol. The highest BCUT2D eigenvalue weighted by atomic mass is 16.5. The molecule has 0 aromatic heterocycles. The lowest BCUT2D eigenvalue weighted by atomic mass is 10.2. The zero-order valence-electron chi connectivity index (χ0n) is 9.53. The molecule has 6 nitrogen and oxygen atoms in total. The second-order valence-electron chi connectivity index (χ2n) is 3.34. The van der Waals surface area contributed by atoms with E-state index in [0.717, 1.165) is 0 Å². The standard InChI is InChI=1S/C10H18N2O4/c1-4-5-7(2)12-10(15)11-6-8(16-3)9(13)14/h4,7-8H,1,5-6H2,2-3H3,(H,13,14)(H2,11,12,15). The van der Waals surface area contributed by atoms with Crippen molar-refractivity contribution in [3.63, 3.8) is 0 Å². The number of ether oxygens (including phenoxy) is 1. The third-order valence-corrected chi connectivity index (χ3v) is 1.91. The van der Waals surface area contributed by atoms with Crippen LogP contribution in [0.5, 0.6) is 0 Å². The molecule has 92 valence electrons. The van der Waals surface area contributed by atoms with Crippen molar-refractivity contribution in [2.75, 3.05) is 13.7 Å². The number of aliphatic carboxylic acids is 1. The van der Waals surface area contributed by atoms with E-state index >= 15 is 0 Å². The second kappa shape index (κ2) is 7.70. The van der Waals surface area contributed by atoms with E-state index in [1.165, 1.54) is 7.11 Å². The molecule has 0 rings (SSSR count). The van der Waals surface area contributed by atoms with Gasteiger partial charge < -0.3 is 20.5 Å². The van der Waals surface area contributed by atoms with Crippen molar-refractivity contribution in [2.24, 2.45) is 0 Å². The van der Waals surface area contributed by atoms with E-state index in [1.54, 1.807) is 6.08 Å². The van der Waals surface area contributed by atoms with E-state index in [2.05, 4.69) is 21.9 Å². The van der Waals surface area contributed by atoms with Gasteiger partial charge in [-0.25, -0.2) is 9.59 Å². The second-order valence-corrected chi connectivity index (χ2v) is 3.34. The first-order valence-corrected chi connectivity index (χ1v) is 4.92. The van der Waals surface area contributed by atoms with Crippen molar-refractivity contribution in [1.29, 1.82) is 0 Å². The van der Waals surface area contributed by atoms with Gasteiger partial charge >= 0.3 is 12.0 Å². The highest BCUT2D eigenvalue weighted by Gasteiger charge is 2.17. The van der Waals surface area contributed by atoms with E-state index in [-0.39, 0.29) is 12.6 Å². The zero-order valence-corrected chi connectivity index (χ0v) is 9.53. The molecule has 0 aliphatic carbocycles. The summed E-state index contributed by atoms with van der Waals surface area (Å²) < 4.78 is 4.66. The van der Waals surface area contributed by atoms with E-state index in [4.69, 9.17) is 5.11 Å². The first-order chi connectivity index (χ1) is 7.51. The number of carboxylic acid groups (broad SMARTS) is 1. The first kappa shape index (κ1) is 14.4. The number of carbonyl (C=O) groups is 2. The number of carboxylic acids is 1. The lowest BCUT2D eigenvalue weighted by molar-refractivity contribution is -0.147. The SMILES string of the molecule is C=CCC(C)NC(=O)NCC(OC)C(=O)O. The Morgan fingerprint density at radius 1 is 1.56 bits per heavy atom. The van der Waals surface area contributed by atoms with Crippen LogP contribution < -0.4 is 10.6 Å². The molecule has 0 aromatic carbocycles. The molecule has 0 heterocycles. The Balaban J connectivity index is 3.87. The van der Waals surface area contributed by atoms with Crippen LogP contribution in [0.25, 0.3) is 0 Å². The summed E-state index contributed by atoms with van der Waals surface area (Å²) in [6, 6.07) is -0.457. The van der Waals surface area contributed by atoms with Gasteiger partial charge in [-0.3, -0.25) is 0 Å². The van der Waals surface area contributed by atoms with Gasteiger partial charge in [0.05, 0.1) is 6.54 Å². The molecule has 0 saturated heterocycles. The zero-order chi connectivity index (χ0) is 12.6. The fourth-order valence-electron chi connectivity index (χ4n) is 1.04. The van der Waals surface area contributed by atoms with E-state index < -0.39 is 18.1 Å². The molecule has 0 aliphatic rings. The number of urea groups is 1. The summed E-state index contributed by atoms with van der Waals surface area (Å²) in [4.78, 5) is 21.8. The predicted molar refractivity (Wildman–Crippen MR) is 59.2 cm³/mol. The molecule has 2 amide bonds. The largest absolute Gasteiger partial charge is 0.479 e. The number of carbonyl (C=O) groups excluding carboxylic acids is 1. The average molecular weight is 230 g/mol. The third-order valence-electron chi connectivity index (χ3n) is 1.91. The summed E-state index contributed by atoms with van der Waals surface area (Å²) in [7, 11) is 1.28. The summed E-state index contributed by atoms with van der Waals surface area (Å²) in [5, 5.41) is 13.7. The maximum Gasteiger partial charge on any atom is 0.334 e. The number of hydrogen-bond acceptors (Lipinski definition) is 3. The molecule has 3 N–H and O–H groups in total. The molecular weight excluding hydrogens is 212 g/mol. The van der Waals surface area contributed by atoms with Gasteiger partial charge in [0.2, 0.25) is 0 Å². The highest BCUT2D eigenvalue weighted by molar-refractivity contribution is 5.77. The van der Waals surface area contributed by atoms with E-state index in [9.17, 15) is 9.59 Å². The van der Waals surface area contributed by atoms with Crippen molar-refractivity contribution in [3.05, 3.63) is 12.7 Å². The molecule has 0 bridgehead atoms. The Hall–Kier alpha value is -1.56. The van der Waals surface area contributed by atoms with Crippen molar-refractivity contribution in [2.45, 2.75) is 25.5 Å². The number of rotatable bonds is 7. The molecule has 2 unspecified atom stereocenters. The molecule has 6 heteroatoms. The molecule has 0 spiro atoms. The molecule has 0 aromatic rings. The number of hydrogen-bond donors (Lipinski definition) is 3. The Morgan fingerprint density at radius 2 is 2.19 bits per heavy atom. The minimum atomic E-state index is -1.11. The van der Waals surface area contributed by atoms with Gasteiger partial charge in [-0.1, -0.05) is 6.08 Å². The maximum atomic E-state index is 11.3. The van der Waals surface area contributed by atoms with Gasteiger partial charge in [0, 0.05) is 13.2 Å². The minimum Gasteiger partial charge on any atom is -0.479 e. The van der Waals surface area contributed by atoms with Crippen LogP contribution in [0.3, 0.4) is 0 Å². The molecule has 16 heavy (non-hydrogen) atoms. The van der Waals surface area contributed by atoms with Crippen molar-refractivity contribution in [1.82, 2.24) is 10.6 Å². The van der Waals surface area contributed by atoms with Crippen molar-refractivity contribution < 1.29 is 19.4 Å². The summed E-state index contributed by atoms with van der Waals surface area (Å²) in [5.74, 6) is -1.11. The van der Waals surface area contributed by atoms with Crippen LogP contribution in [-0.4, -0.2) is 42.9 Å². The van der Waals surface area contributed by atoms with Gasteiger partial charge in [-0.05, 0) is 13.3 Å². The van der Waals surface area contributed by atoms with Gasteiger partial charge in [-0.15, -0.1) is 6.58 Å². The Labute approximate surface area is 94.7 Å². The van der Waals surface area contributed by atoms with E-state index in [0.29, 0.717) is 6.42 Å². The summed E-state index contributed by atoms with van der Waals surface area (Å²) >= 11 is 0. The lowest BCUT2D eigenvalue weighted by Crippen LogP contribution is -2.45. The smallest absolute Gasteiger partial charge is 0.334 e. The van der Waals surface area contributed by atoms with Crippen LogP contribution in [0.2, 0.25) is 0 Å². The predicted octanol–water partition coefficient (Wildman–Crippen LogP) is 0.350. The van der Waals surface area contributed by atoms with Gasteiger partial charge in [0.25, 0.3) is 0 Å². The molecule has 0 radical (unpaired) electrons. The van der Waals surface area contributed by atoms with Crippen LogP contribution in [-0.2, 0) is 9.53 Å². The van der Waals surface area contributed by atoms with Crippen LogP contribution >= 0.6 is 0 Å². The maximum absolute atomic E-state index is 11.3. The molecule has 0 aliphatic heterocycles. The molecule has 0 saturated carbocycles. The fraction of sp³-hybridized carbons (Fsp3) is 0.600. The van der Waals surface area contributed by atoms with Gasteiger partial charge in [-0.2, -0.15) is 0 Å².